The molecule has 0 heterocycles. The maximum Gasteiger partial charge on any atom is 0.201 e. The van der Waals surface area contributed by atoms with Crippen molar-refractivity contribution in [2.45, 2.75) is 58.3 Å². The Kier molecular flexibility index (Phi) is 8.72. The largest absolute Gasteiger partial charge is 0.491 e. The van der Waals surface area contributed by atoms with Gasteiger partial charge in [0.05, 0.1) is 13.2 Å². The number of hydrogen-bond acceptors (Lipinski definition) is 2. The van der Waals surface area contributed by atoms with Gasteiger partial charge in [-0.1, -0.05) is 18.2 Å². The van der Waals surface area contributed by atoms with E-state index in [0.29, 0.717) is 17.9 Å². The van der Waals surface area contributed by atoms with Crippen LogP contribution in [0.3, 0.4) is 0 Å². The number of hydrogen-bond donors (Lipinski definition) is 0. The Morgan fingerprint density at radius 3 is 1.89 bits per heavy atom. The predicted molar refractivity (Wildman–Crippen MR) is 133 cm³/mol. The van der Waals surface area contributed by atoms with E-state index in [9.17, 15) is 22.0 Å². The third-order valence-corrected chi connectivity index (χ3v) is 7.17. The van der Waals surface area contributed by atoms with Gasteiger partial charge in [0.25, 0.3) is 0 Å². The molecule has 0 atom stereocenters. The van der Waals surface area contributed by atoms with Crippen molar-refractivity contribution >= 4 is 0 Å². The summed E-state index contributed by atoms with van der Waals surface area (Å²) in [6.45, 7) is 3.85. The number of aryl methyl sites for hydroxylation is 1. The minimum absolute atomic E-state index is 0.00618. The van der Waals surface area contributed by atoms with Crippen molar-refractivity contribution in [1.29, 1.82) is 0 Å². The summed E-state index contributed by atoms with van der Waals surface area (Å²) in [7, 11) is 0. The van der Waals surface area contributed by atoms with Gasteiger partial charge in [0.15, 0.2) is 23.1 Å². The molecule has 0 saturated heterocycles. The highest BCUT2D eigenvalue weighted by Crippen LogP contribution is 2.40. The van der Waals surface area contributed by atoms with Crippen molar-refractivity contribution in [3.05, 3.63) is 82.7 Å². The van der Waals surface area contributed by atoms with Crippen LogP contribution >= 0.6 is 0 Å². The van der Waals surface area contributed by atoms with Crippen molar-refractivity contribution in [2.24, 2.45) is 5.92 Å². The highest BCUT2D eigenvalue weighted by molar-refractivity contribution is 5.66. The zero-order valence-electron chi connectivity index (χ0n) is 21.1. The van der Waals surface area contributed by atoms with Crippen molar-refractivity contribution in [2.75, 3.05) is 13.2 Å². The lowest BCUT2D eigenvalue weighted by Gasteiger charge is -2.29. The fraction of sp³-hybridized carbons (Fsp3) is 0.400. The minimum Gasteiger partial charge on any atom is -0.491 e. The van der Waals surface area contributed by atoms with E-state index in [1.165, 1.54) is 30.3 Å². The fourth-order valence-electron chi connectivity index (χ4n) is 5.20. The minimum atomic E-state index is -1.14. The van der Waals surface area contributed by atoms with Crippen LogP contribution in [0.1, 0.15) is 63.0 Å². The van der Waals surface area contributed by atoms with Gasteiger partial charge >= 0.3 is 0 Å². The van der Waals surface area contributed by atoms with Gasteiger partial charge < -0.3 is 9.47 Å². The van der Waals surface area contributed by atoms with E-state index in [-0.39, 0.29) is 41.8 Å². The predicted octanol–water partition coefficient (Wildman–Crippen LogP) is 8.75. The molecule has 37 heavy (non-hydrogen) atoms. The summed E-state index contributed by atoms with van der Waals surface area (Å²) in [5.41, 5.74) is 1.01. The van der Waals surface area contributed by atoms with Crippen molar-refractivity contribution < 1.29 is 31.4 Å². The quantitative estimate of drug-likeness (QED) is 0.264. The lowest BCUT2D eigenvalue weighted by atomic mass is 9.76. The van der Waals surface area contributed by atoms with Gasteiger partial charge in [0.2, 0.25) is 11.6 Å². The summed E-state index contributed by atoms with van der Waals surface area (Å²) in [5.74, 6) is -4.55. The normalized spacial score (nSPS) is 17.6. The molecule has 0 N–H and O–H groups in total. The van der Waals surface area contributed by atoms with Crippen LogP contribution in [0.2, 0.25) is 0 Å². The highest BCUT2D eigenvalue weighted by Gasteiger charge is 2.27. The second-order valence-electron chi connectivity index (χ2n) is 9.46. The number of ether oxygens (including phenoxy) is 2. The van der Waals surface area contributed by atoms with Crippen LogP contribution in [-0.2, 0) is 6.42 Å². The molecule has 0 spiro atoms. The van der Waals surface area contributed by atoms with Crippen molar-refractivity contribution in [3.63, 3.8) is 0 Å². The smallest absolute Gasteiger partial charge is 0.201 e. The summed E-state index contributed by atoms with van der Waals surface area (Å²) in [6, 6.07) is 10.3. The second-order valence-corrected chi connectivity index (χ2v) is 9.46. The molecule has 3 aromatic carbocycles. The van der Waals surface area contributed by atoms with Crippen LogP contribution in [0.4, 0.5) is 22.0 Å². The number of rotatable bonds is 9. The first kappa shape index (κ1) is 27.0. The molecule has 1 saturated carbocycles. The molecule has 0 aliphatic heterocycles. The standard InChI is InChI=1S/C30H31F5O2/c1-3-36-25-15-13-21(27(32)29(25)34)20-10-7-18(8-11-20)5-6-19-9-12-22(24(31)17-19)23-14-16-26(37-4-2)30(35)28(23)33/h9,12-18,20H,3-8,10-11H2,1-2H3. The summed E-state index contributed by atoms with van der Waals surface area (Å²) >= 11 is 0. The van der Waals surface area contributed by atoms with Crippen LogP contribution in [0.15, 0.2) is 42.5 Å². The Hall–Kier alpha value is -3.09. The fourth-order valence-corrected chi connectivity index (χ4v) is 5.20. The van der Waals surface area contributed by atoms with E-state index in [2.05, 4.69) is 0 Å². The second kappa shape index (κ2) is 12.0. The molecule has 0 aromatic heterocycles. The first-order valence-corrected chi connectivity index (χ1v) is 12.8. The molecule has 4 rings (SSSR count). The summed E-state index contributed by atoms with van der Waals surface area (Å²) < 4.78 is 82.7. The lowest BCUT2D eigenvalue weighted by molar-refractivity contribution is 0.297. The van der Waals surface area contributed by atoms with Gasteiger partial charge in [0.1, 0.15) is 5.82 Å². The monoisotopic (exact) mass is 518 g/mol. The molecule has 1 aliphatic rings. The first-order valence-electron chi connectivity index (χ1n) is 12.8. The molecule has 0 bridgehead atoms. The average molecular weight is 519 g/mol. The van der Waals surface area contributed by atoms with Crippen LogP contribution in [0, 0.1) is 35.0 Å². The Labute approximate surface area is 214 Å². The molecule has 3 aromatic rings. The van der Waals surface area contributed by atoms with E-state index >= 15 is 0 Å². The maximum atomic E-state index is 14.9. The summed E-state index contributed by atoms with van der Waals surface area (Å²) in [6.07, 6.45) is 4.72. The molecule has 1 fully saturated rings. The molecule has 2 nitrogen and oxygen atoms in total. The zero-order chi connectivity index (χ0) is 26.5. The van der Waals surface area contributed by atoms with E-state index in [4.69, 9.17) is 9.47 Å². The van der Waals surface area contributed by atoms with Gasteiger partial charge in [-0.3, -0.25) is 0 Å². The van der Waals surface area contributed by atoms with Crippen molar-refractivity contribution in [3.8, 4) is 22.6 Å². The summed E-state index contributed by atoms with van der Waals surface area (Å²) in [5, 5.41) is 0. The molecular formula is C30H31F5O2. The van der Waals surface area contributed by atoms with Gasteiger partial charge in [-0.15, -0.1) is 0 Å². The van der Waals surface area contributed by atoms with Crippen LogP contribution in [0.25, 0.3) is 11.1 Å². The Balaban J connectivity index is 1.35. The van der Waals surface area contributed by atoms with Gasteiger partial charge in [-0.05, 0) is 99.6 Å². The highest BCUT2D eigenvalue weighted by atomic mass is 19.2. The van der Waals surface area contributed by atoms with Gasteiger partial charge in [-0.2, -0.15) is 8.78 Å². The number of halogens is 5. The molecule has 198 valence electrons. The Bertz CT molecular complexity index is 1240. The SMILES string of the molecule is CCOc1ccc(-c2ccc(CCC3CCC(c4ccc(OCC)c(F)c4F)CC3)cc2F)c(F)c1F. The maximum absolute atomic E-state index is 14.9. The van der Waals surface area contributed by atoms with Crippen molar-refractivity contribution in [1.82, 2.24) is 0 Å². The third-order valence-electron chi connectivity index (χ3n) is 7.17. The topological polar surface area (TPSA) is 18.5 Å². The van der Waals surface area contributed by atoms with E-state index < -0.39 is 29.1 Å². The van der Waals surface area contributed by atoms with Gasteiger partial charge in [-0.25, -0.2) is 13.2 Å². The van der Waals surface area contributed by atoms with E-state index in [0.717, 1.165) is 37.7 Å². The summed E-state index contributed by atoms with van der Waals surface area (Å²) in [4.78, 5) is 0. The molecule has 7 heteroatoms. The first-order chi connectivity index (χ1) is 17.8. The van der Waals surface area contributed by atoms with E-state index in [1.807, 2.05) is 0 Å². The van der Waals surface area contributed by atoms with E-state index in [1.54, 1.807) is 26.0 Å². The van der Waals surface area contributed by atoms with Crippen LogP contribution in [-0.4, -0.2) is 13.2 Å². The molecule has 1 aliphatic carbocycles. The van der Waals surface area contributed by atoms with Crippen LogP contribution in [0.5, 0.6) is 11.5 Å². The van der Waals surface area contributed by atoms with Crippen LogP contribution < -0.4 is 9.47 Å². The Morgan fingerprint density at radius 1 is 0.676 bits per heavy atom. The average Bonchev–Trinajstić information content (AvgIpc) is 2.90. The third kappa shape index (κ3) is 5.91. The molecule has 0 amide bonds. The Morgan fingerprint density at radius 2 is 1.27 bits per heavy atom. The zero-order valence-corrected chi connectivity index (χ0v) is 21.1. The molecule has 0 unspecified atom stereocenters. The number of benzene rings is 3. The molecular weight excluding hydrogens is 487 g/mol. The lowest BCUT2D eigenvalue weighted by Crippen LogP contribution is -2.15. The van der Waals surface area contributed by atoms with Gasteiger partial charge in [0, 0.05) is 11.1 Å². The molecule has 0 radical (unpaired) electrons.